The number of amides is 1. The molecule has 3 aliphatic heterocycles. The minimum absolute atomic E-state index is 0.0745. The summed E-state index contributed by atoms with van der Waals surface area (Å²) in [6.07, 6.45) is 5.40. The summed E-state index contributed by atoms with van der Waals surface area (Å²) in [5.74, 6) is -0.210. The van der Waals surface area contributed by atoms with Crippen molar-refractivity contribution in [2.24, 2.45) is 28.7 Å². The van der Waals surface area contributed by atoms with E-state index < -0.39 is 59.5 Å². The van der Waals surface area contributed by atoms with Crippen LogP contribution in [0.15, 0.2) is 4.99 Å². The highest BCUT2D eigenvalue weighted by molar-refractivity contribution is 5.98. The van der Waals surface area contributed by atoms with E-state index in [1.165, 1.54) is 6.92 Å². The zero-order chi connectivity index (χ0) is 36.0. The molecule has 3 saturated heterocycles. The summed E-state index contributed by atoms with van der Waals surface area (Å²) >= 11 is 0. The van der Waals surface area contributed by atoms with E-state index in [1.54, 1.807) is 6.92 Å². The van der Waals surface area contributed by atoms with E-state index in [0.717, 1.165) is 13.0 Å². The number of carbonyl (C=O) groups excluding carboxylic acids is 3. The van der Waals surface area contributed by atoms with E-state index in [1.807, 2.05) is 48.5 Å². The van der Waals surface area contributed by atoms with Crippen molar-refractivity contribution in [1.29, 1.82) is 0 Å². The maximum Gasteiger partial charge on any atom is 0.309 e. The first-order chi connectivity index (χ1) is 22.4. The Balaban J connectivity index is 2.17. The van der Waals surface area contributed by atoms with Gasteiger partial charge in [0.05, 0.1) is 29.8 Å². The van der Waals surface area contributed by atoms with Crippen molar-refractivity contribution in [3.05, 3.63) is 0 Å². The number of terminal acetylenes is 1. The van der Waals surface area contributed by atoms with Gasteiger partial charge in [-0.1, -0.05) is 34.6 Å². The van der Waals surface area contributed by atoms with E-state index >= 15 is 0 Å². The van der Waals surface area contributed by atoms with Crippen molar-refractivity contribution < 1.29 is 43.2 Å². The van der Waals surface area contributed by atoms with Gasteiger partial charge in [0.15, 0.2) is 12.1 Å². The quantitative estimate of drug-likeness (QED) is 0.320. The fourth-order valence-electron chi connectivity index (χ4n) is 8.08. The van der Waals surface area contributed by atoms with Gasteiger partial charge in [0.25, 0.3) is 0 Å². The Labute approximate surface area is 287 Å². The van der Waals surface area contributed by atoms with Crippen molar-refractivity contribution in [2.75, 3.05) is 26.8 Å². The van der Waals surface area contributed by atoms with Crippen LogP contribution in [0.25, 0.3) is 0 Å². The normalized spacial score (nSPS) is 41.5. The number of hydrogen-bond acceptors (Lipinski definition) is 10. The molecule has 0 aromatic heterocycles. The van der Waals surface area contributed by atoms with Crippen LogP contribution in [0.2, 0.25) is 0 Å². The number of rotatable bonds is 6. The van der Waals surface area contributed by atoms with E-state index in [4.69, 9.17) is 30.1 Å². The SMILES string of the molecule is C#CCCN(C)C1CC(C)OC(O[C@@H]2[C@@H](C)CC(C)C(=O)OC(CC)[C@@](C)(O)[C@H]3OCC(=O)CO[C@]2(C)C[C@@H](C)C(=NC(C)=O)C3C)C1. The average molecular weight is 677 g/mol. The highest BCUT2D eigenvalue weighted by atomic mass is 16.7. The number of fused-ring (bicyclic) bond motifs is 5. The summed E-state index contributed by atoms with van der Waals surface area (Å²) in [6.45, 7) is 16.5. The predicted octanol–water partition coefficient (Wildman–Crippen LogP) is 4.36. The molecule has 3 rings (SSSR count). The summed E-state index contributed by atoms with van der Waals surface area (Å²) in [6, 6.07) is 0.180. The van der Waals surface area contributed by atoms with Gasteiger partial charge in [-0.15, -0.1) is 12.3 Å². The third-order valence-corrected chi connectivity index (χ3v) is 10.5. The molecule has 3 fully saturated rings. The van der Waals surface area contributed by atoms with Crippen LogP contribution in [0.4, 0.5) is 0 Å². The topological polar surface area (TPSA) is 133 Å². The first-order valence-electron chi connectivity index (χ1n) is 17.7. The van der Waals surface area contributed by atoms with Crippen molar-refractivity contribution in [3.8, 4) is 12.3 Å². The van der Waals surface area contributed by atoms with Crippen molar-refractivity contribution in [1.82, 2.24) is 4.90 Å². The second-order valence-electron chi connectivity index (χ2n) is 15.0. The van der Waals surface area contributed by atoms with Crippen molar-refractivity contribution in [2.45, 2.75) is 149 Å². The summed E-state index contributed by atoms with van der Waals surface area (Å²) < 4.78 is 32.1. The molecule has 11 heteroatoms. The molecule has 0 aromatic rings. The first kappa shape index (κ1) is 40.2. The highest BCUT2D eigenvalue weighted by Gasteiger charge is 2.51. The molecule has 0 aliphatic carbocycles. The van der Waals surface area contributed by atoms with Gasteiger partial charge in [0, 0.05) is 44.0 Å². The highest BCUT2D eigenvalue weighted by Crippen LogP contribution is 2.40. The van der Waals surface area contributed by atoms with Crippen molar-refractivity contribution in [3.63, 3.8) is 0 Å². The Hall–Kier alpha value is -2.20. The molecule has 3 aliphatic rings. The van der Waals surface area contributed by atoms with Gasteiger partial charge in [-0.3, -0.25) is 14.4 Å². The molecular weight excluding hydrogens is 616 g/mol. The minimum atomic E-state index is -1.71. The fraction of sp³-hybridized carbons (Fsp3) is 0.838. The number of aliphatic hydroxyl groups is 1. The number of ketones is 1. The maximum atomic E-state index is 13.6. The Kier molecular flexibility index (Phi) is 14.4. The van der Waals surface area contributed by atoms with Gasteiger partial charge in [-0.05, 0) is 65.3 Å². The number of nitrogens with zero attached hydrogens (tertiary/aromatic N) is 2. The number of carbonyl (C=O) groups is 3. The van der Waals surface area contributed by atoms with E-state index in [0.29, 0.717) is 37.8 Å². The maximum absolute atomic E-state index is 13.6. The largest absolute Gasteiger partial charge is 0.459 e. The molecule has 2 bridgehead atoms. The van der Waals surface area contributed by atoms with Crippen LogP contribution in [-0.2, 0) is 38.1 Å². The third-order valence-electron chi connectivity index (χ3n) is 10.5. The Morgan fingerprint density at radius 2 is 1.79 bits per heavy atom. The lowest BCUT2D eigenvalue weighted by atomic mass is 9.74. The number of cyclic esters (lactones) is 1. The second-order valence-corrected chi connectivity index (χ2v) is 15.0. The lowest BCUT2D eigenvalue weighted by Gasteiger charge is -2.47. The van der Waals surface area contributed by atoms with E-state index in [-0.39, 0.29) is 43.0 Å². The minimum Gasteiger partial charge on any atom is -0.459 e. The Morgan fingerprint density at radius 1 is 1.10 bits per heavy atom. The monoisotopic (exact) mass is 676 g/mol. The van der Waals surface area contributed by atoms with Crippen LogP contribution in [-0.4, -0.2) is 108 Å². The van der Waals surface area contributed by atoms with E-state index in [2.05, 4.69) is 22.9 Å². The third kappa shape index (κ3) is 9.95. The van der Waals surface area contributed by atoms with Crippen LogP contribution in [0.1, 0.15) is 101 Å². The number of aliphatic imine (C=N–C) groups is 1. The molecule has 1 amide bonds. The molecule has 12 atom stereocenters. The van der Waals surface area contributed by atoms with Gasteiger partial charge < -0.3 is 33.7 Å². The lowest BCUT2D eigenvalue weighted by Crippen LogP contribution is -2.57. The molecule has 0 radical (unpaired) electrons. The van der Waals surface area contributed by atoms with Gasteiger partial charge in [0.2, 0.25) is 5.91 Å². The molecule has 11 nitrogen and oxygen atoms in total. The molecular formula is C37H60N2O9. The van der Waals surface area contributed by atoms with Crippen molar-refractivity contribution >= 4 is 23.4 Å². The first-order valence-corrected chi connectivity index (χ1v) is 17.7. The molecule has 0 saturated carbocycles. The number of hydrogen-bond donors (Lipinski definition) is 1. The number of esters is 1. The van der Waals surface area contributed by atoms with Crippen LogP contribution < -0.4 is 0 Å². The Bertz CT molecular complexity index is 1200. The Morgan fingerprint density at radius 3 is 2.42 bits per heavy atom. The molecule has 3 heterocycles. The van der Waals surface area contributed by atoms with Gasteiger partial charge in [-0.2, -0.15) is 0 Å². The molecule has 1 N–H and O–H groups in total. The summed E-state index contributed by atoms with van der Waals surface area (Å²) in [5.41, 5.74) is -2.28. The van der Waals surface area contributed by atoms with Gasteiger partial charge in [0.1, 0.15) is 24.9 Å². The van der Waals surface area contributed by atoms with Gasteiger partial charge >= 0.3 is 5.97 Å². The van der Waals surface area contributed by atoms with Crippen LogP contribution in [0, 0.1) is 36.0 Å². The van der Waals surface area contributed by atoms with Crippen LogP contribution >= 0.6 is 0 Å². The predicted molar refractivity (Wildman–Crippen MR) is 182 cm³/mol. The fourth-order valence-corrected chi connectivity index (χ4v) is 8.08. The molecule has 6 unspecified atom stereocenters. The standard InChI is InChI=1S/C37H60N2O9/c1-12-14-15-39(11)28-17-25(6)46-31(18-28)48-33-22(3)16-23(4)35(42)47-30(13-2)37(10,43)34-26(7)32(38-27(8)40)24(5)19-36(33,9)45-21-29(41)20-44-34/h1,22-26,28,30-31,33-34,43H,13-21H2,2-11H3/t22-,23?,24+,25?,26?,28?,30?,31?,33+,34-,36+,37+/m0/s1. The summed E-state index contributed by atoms with van der Waals surface area (Å²) in [7, 11) is 2.06. The zero-order valence-corrected chi connectivity index (χ0v) is 30.8. The smallest absolute Gasteiger partial charge is 0.309 e. The van der Waals surface area contributed by atoms with Crippen LogP contribution in [0.5, 0.6) is 0 Å². The number of Topliss-reactive ketones (excluding diaryl/α,β-unsaturated/α-hetero) is 1. The molecule has 272 valence electrons. The lowest BCUT2D eigenvalue weighted by molar-refractivity contribution is -0.267. The van der Waals surface area contributed by atoms with Crippen LogP contribution in [0.3, 0.4) is 0 Å². The second kappa shape index (κ2) is 17.1. The summed E-state index contributed by atoms with van der Waals surface area (Å²) in [5, 5.41) is 12.0. The van der Waals surface area contributed by atoms with Gasteiger partial charge in [-0.25, -0.2) is 4.99 Å². The summed E-state index contributed by atoms with van der Waals surface area (Å²) in [4.78, 5) is 46.2. The molecule has 48 heavy (non-hydrogen) atoms. The molecule has 0 spiro atoms. The molecule has 0 aromatic carbocycles. The average Bonchev–Trinajstić information content (AvgIpc) is 3.02. The number of ether oxygens (including phenoxy) is 5. The van der Waals surface area contributed by atoms with E-state index in [9.17, 15) is 19.5 Å². The zero-order valence-electron chi connectivity index (χ0n) is 30.8.